The zero-order valence-corrected chi connectivity index (χ0v) is 21.7. The molecule has 0 radical (unpaired) electrons. The molecule has 0 spiro atoms. The Morgan fingerprint density at radius 1 is 0.943 bits per heavy atom. The number of fused-ring (bicyclic) bond motifs is 4. The van der Waals surface area contributed by atoms with E-state index in [1.54, 1.807) is 4.52 Å². The van der Waals surface area contributed by atoms with Crippen molar-refractivity contribution in [2.24, 2.45) is 0 Å². The van der Waals surface area contributed by atoms with Crippen LogP contribution in [0.2, 0.25) is 0 Å². The normalized spacial score (nSPS) is 20.9. The number of hydrogen-bond donors (Lipinski definition) is 0. The number of piperidine rings is 1. The lowest BCUT2D eigenvalue weighted by Gasteiger charge is -2.40. The summed E-state index contributed by atoms with van der Waals surface area (Å²) >= 11 is 0. The summed E-state index contributed by atoms with van der Waals surface area (Å²) in [4.78, 5) is 23.6. The van der Waals surface area contributed by atoms with E-state index in [0.717, 1.165) is 36.5 Å². The molecule has 4 aromatic rings. The fourth-order valence-electron chi connectivity index (χ4n) is 5.52. The molecule has 0 unspecified atom stereocenters. The number of carbonyl (C=O) groups excluding carboxylic acids is 1. The van der Waals surface area contributed by atoms with Crippen LogP contribution in [0, 0.1) is 0 Å². The predicted octanol–water partition coefficient (Wildman–Crippen LogP) is 5.10. The minimum atomic E-state index is -2.69. The standard InChI is InChI=1S/C24H21F2N5O.3H2S/c25-22(26)19-12-21(31-24(29-19)27-13-28-31)18-9-7-17-8-10-20(18)30(17)23(32)16-6-5-14-3-1-2-4-15(14)11-16;;;/h1-6,11-13,17-18,20,22H,7-10H2;3*1H2/t17-,18-,20-;;;/m0.../s1. The Balaban J connectivity index is 0.00000114. The first-order valence-corrected chi connectivity index (χ1v) is 10.9. The van der Waals surface area contributed by atoms with Gasteiger partial charge in [-0.25, -0.2) is 18.3 Å². The van der Waals surface area contributed by atoms with E-state index in [9.17, 15) is 13.6 Å². The molecule has 2 saturated heterocycles. The van der Waals surface area contributed by atoms with Crippen molar-refractivity contribution >= 4 is 62.9 Å². The van der Waals surface area contributed by atoms with Gasteiger partial charge in [0.15, 0.2) is 0 Å². The van der Waals surface area contributed by atoms with Crippen LogP contribution in [0.25, 0.3) is 16.6 Å². The molecule has 2 bridgehead atoms. The predicted molar refractivity (Wildman–Crippen MR) is 146 cm³/mol. The van der Waals surface area contributed by atoms with Gasteiger partial charge in [-0.15, -0.1) is 0 Å². The van der Waals surface area contributed by atoms with E-state index in [0.29, 0.717) is 11.3 Å². The van der Waals surface area contributed by atoms with Crippen molar-refractivity contribution < 1.29 is 13.6 Å². The fraction of sp³-hybridized carbons (Fsp3) is 0.333. The summed E-state index contributed by atoms with van der Waals surface area (Å²) in [7, 11) is 0. The third kappa shape index (κ3) is 4.61. The van der Waals surface area contributed by atoms with E-state index in [1.165, 1.54) is 12.4 Å². The Hall–Kier alpha value is -2.37. The molecular formula is C24H27F2N5OS3. The van der Waals surface area contributed by atoms with E-state index < -0.39 is 6.43 Å². The Labute approximate surface area is 222 Å². The van der Waals surface area contributed by atoms with Crippen molar-refractivity contribution in [3.05, 3.63) is 71.8 Å². The number of alkyl halides is 2. The molecule has 35 heavy (non-hydrogen) atoms. The van der Waals surface area contributed by atoms with Gasteiger partial charge >= 0.3 is 0 Å². The van der Waals surface area contributed by atoms with Crippen LogP contribution in [0.15, 0.2) is 54.9 Å². The van der Waals surface area contributed by atoms with Crippen molar-refractivity contribution in [2.75, 3.05) is 0 Å². The second-order valence-electron chi connectivity index (χ2n) is 8.64. The summed E-state index contributed by atoms with van der Waals surface area (Å²) < 4.78 is 28.6. The summed E-state index contributed by atoms with van der Waals surface area (Å²) in [6.45, 7) is 0. The van der Waals surface area contributed by atoms with Crippen LogP contribution in [0.1, 0.15) is 59.8 Å². The number of amides is 1. The molecule has 0 saturated carbocycles. The quantitative estimate of drug-likeness (QED) is 0.366. The van der Waals surface area contributed by atoms with Gasteiger partial charge in [-0.2, -0.15) is 50.6 Å². The number of halogens is 2. The second-order valence-corrected chi connectivity index (χ2v) is 8.64. The SMILES string of the molecule is O=C(c1ccc2ccccc2c1)N1[C@H]2CC[C@H](c3cc(C(F)F)nc4ncnn34)[C@@H]1CC2.S.S.S. The maximum absolute atomic E-state index is 13.6. The Morgan fingerprint density at radius 2 is 1.69 bits per heavy atom. The largest absolute Gasteiger partial charge is 0.332 e. The third-order valence-corrected chi connectivity index (χ3v) is 6.96. The van der Waals surface area contributed by atoms with E-state index >= 15 is 0 Å². The zero-order chi connectivity index (χ0) is 21.8. The third-order valence-electron chi connectivity index (χ3n) is 6.96. The second kappa shape index (κ2) is 10.7. The van der Waals surface area contributed by atoms with Gasteiger partial charge in [-0.1, -0.05) is 30.3 Å². The van der Waals surface area contributed by atoms with Gasteiger partial charge in [-0.05, 0) is 54.7 Å². The lowest BCUT2D eigenvalue weighted by Crippen LogP contribution is -2.47. The Kier molecular flexibility index (Phi) is 8.33. The first kappa shape index (κ1) is 27.2. The van der Waals surface area contributed by atoms with Gasteiger partial charge in [0.2, 0.25) is 0 Å². The molecule has 2 aliphatic rings. The zero-order valence-electron chi connectivity index (χ0n) is 18.7. The molecule has 3 atom stereocenters. The molecule has 2 aromatic carbocycles. The van der Waals surface area contributed by atoms with Gasteiger partial charge in [0.05, 0.1) is 5.69 Å². The highest BCUT2D eigenvalue weighted by molar-refractivity contribution is 7.59. The molecule has 1 amide bonds. The highest BCUT2D eigenvalue weighted by atomic mass is 32.1. The number of carbonyl (C=O) groups is 1. The summed E-state index contributed by atoms with van der Waals surface area (Å²) in [5, 5.41) is 6.35. The number of benzene rings is 2. The van der Waals surface area contributed by atoms with Crippen molar-refractivity contribution in [3.63, 3.8) is 0 Å². The molecule has 11 heteroatoms. The molecule has 2 fully saturated rings. The highest BCUT2D eigenvalue weighted by Crippen LogP contribution is 2.45. The Morgan fingerprint density at radius 3 is 2.46 bits per heavy atom. The minimum Gasteiger partial charge on any atom is -0.332 e. The molecule has 0 aliphatic carbocycles. The van der Waals surface area contributed by atoms with Crippen LogP contribution in [0.3, 0.4) is 0 Å². The van der Waals surface area contributed by atoms with Gasteiger partial charge < -0.3 is 4.90 Å². The van der Waals surface area contributed by atoms with Crippen LogP contribution < -0.4 is 0 Å². The molecule has 4 heterocycles. The maximum Gasteiger partial charge on any atom is 0.280 e. The van der Waals surface area contributed by atoms with Crippen molar-refractivity contribution in [3.8, 4) is 0 Å². The minimum absolute atomic E-state index is 0. The van der Waals surface area contributed by atoms with Gasteiger partial charge in [0.25, 0.3) is 18.1 Å². The summed E-state index contributed by atoms with van der Waals surface area (Å²) in [6, 6.07) is 15.3. The summed E-state index contributed by atoms with van der Waals surface area (Å²) in [6.07, 6.45) is 2.07. The molecule has 6 nitrogen and oxygen atoms in total. The van der Waals surface area contributed by atoms with Gasteiger partial charge in [0, 0.05) is 23.6 Å². The van der Waals surface area contributed by atoms with Crippen LogP contribution in [0.5, 0.6) is 0 Å². The van der Waals surface area contributed by atoms with Crippen LogP contribution in [0.4, 0.5) is 8.78 Å². The Bertz CT molecular complexity index is 1350. The van der Waals surface area contributed by atoms with Crippen molar-refractivity contribution in [1.82, 2.24) is 24.5 Å². The molecular weight excluding hydrogens is 508 g/mol. The number of rotatable bonds is 3. The first-order valence-electron chi connectivity index (χ1n) is 10.9. The van der Waals surface area contributed by atoms with E-state index in [-0.39, 0.29) is 75.9 Å². The van der Waals surface area contributed by atoms with E-state index in [4.69, 9.17) is 0 Å². The monoisotopic (exact) mass is 535 g/mol. The number of hydrogen-bond acceptors (Lipinski definition) is 4. The molecule has 2 aromatic heterocycles. The molecule has 0 N–H and O–H groups in total. The van der Waals surface area contributed by atoms with Gasteiger partial charge in [-0.3, -0.25) is 4.79 Å². The number of nitrogens with zero attached hydrogens (tertiary/aromatic N) is 5. The maximum atomic E-state index is 13.6. The van der Waals surface area contributed by atoms with Crippen molar-refractivity contribution in [1.29, 1.82) is 0 Å². The van der Waals surface area contributed by atoms with E-state index in [1.807, 2.05) is 47.4 Å². The highest BCUT2D eigenvalue weighted by Gasteiger charge is 2.46. The lowest BCUT2D eigenvalue weighted by molar-refractivity contribution is 0.0554. The van der Waals surface area contributed by atoms with E-state index in [2.05, 4.69) is 15.1 Å². The summed E-state index contributed by atoms with van der Waals surface area (Å²) in [5.74, 6) is 0.0825. The van der Waals surface area contributed by atoms with Crippen LogP contribution in [-0.2, 0) is 0 Å². The average Bonchev–Trinajstić information content (AvgIpc) is 3.40. The van der Waals surface area contributed by atoms with Gasteiger partial charge in [0.1, 0.15) is 12.0 Å². The number of aromatic nitrogens is 4. The molecule has 6 rings (SSSR count). The fourth-order valence-corrected chi connectivity index (χ4v) is 5.52. The molecule has 186 valence electrons. The van der Waals surface area contributed by atoms with Crippen LogP contribution in [-0.4, -0.2) is 42.5 Å². The summed E-state index contributed by atoms with van der Waals surface area (Å²) in [5.41, 5.74) is 1.02. The smallest absolute Gasteiger partial charge is 0.280 e. The first-order chi connectivity index (χ1) is 15.6. The lowest BCUT2D eigenvalue weighted by atomic mass is 9.86. The van der Waals surface area contributed by atoms with Crippen molar-refractivity contribution in [2.45, 2.75) is 50.1 Å². The topological polar surface area (TPSA) is 63.4 Å². The molecule has 2 aliphatic heterocycles. The average molecular weight is 536 g/mol. The van der Waals surface area contributed by atoms with Crippen LogP contribution >= 0.6 is 40.5 Å².